The highest BCUT2D eigenvalue weighted by atomic mass is 79.9. The number of hydrogen-bond donors (Lipinski definition) is 1. The van der Waals surface area contributed by atoms with E-state index in [0.717, 1.165) is 12.0 Å². The van der Waals surface area contributed by atoms with Crippen molar-refractivity contribution in [2.75, 3.05) is 5.32 Å². The van der Waals surface area contributed by atoms with E-state index in [-0.39, 0.29) is 18.0 Å². The summed E-state index contributed by atoms with van der Waals surface area (Å²) in [4.78, 5) is 12.5. The summed E-state index contributed by atoms with van der Waals surface area (Å²) in [6.45, 7) is 2.11. The molecule has 0 atom stereocenters. The zero-order valence-corrected chi connectivity index (χ0v) is 20.3. The number of anilines is 1. The number of amides is 1. The van der Waals surface area contributed by atoms with Crippen LogP contribution in [0.15, 0.2) is 75.2 Å². The van der Waals surface area contributed by atoms with Gasteiger partial charge in [0.2, 0.25) is 0 Å². The third-order valence-electron chi connectivity index (χ3n) is 4.65. The molecule has 3 rings (SSSR count). The molecule has 3 aromatic rings. The molecule has 0 saturated carbocycles. The van der Waals surface area contributed by atoms with Gasteiger partial charge in [0, 0.05) is 11.3 Å². The number of rotatable bonds is 7. The highest BCUT2D eigenvalue weighted by Crippen LogP contribution is 2.36. The number of ether oxygens (including phenoxy) is 1. The number of nitriles is 1. The first-order valence-corrected chi connectivity index (χ1v) is 11.4. The van der Waals surface area contributed by atoms with Crippen molar-refractivity contribution in [1.29, 1.82) is 5.26 Å². The van der Waals surface area contributed by atoms with Crippen LogP contribution in [0.1, 0.15) is 23.6 Å². The standard InChI is InChI=1S/C25H19Br2FN2O2/c1-2-16-7-9-20(10-8-16)30-25(31)19(14-29)11-17-12-21(26)24(22(27)13-17)32-15-18-5-3-4-6-23(18)28/h3-13H,2,15H2,1H3,(H,30,31)/b19-11+. The summed E-state index contributed by atoms with van der Waals surface area (Å²) >= 11 is 6.89. The fourth-order valence-electron chi connectivity index (χ4n) is 2.90. The van der Waals surface area contributed by atoms with Crippen LogP contribution in [-0.2, 0) is 17.8 Å². The maximum Gasteiger partial charge on any atom is 0.266 e. The summed E-state index contributed by atoms with van der Waals surface area (Å²) in [5.41, 5.74) is 2.79. The molecule has 0 aliphatic carbocycles. The van der Waals surface area contributed by atoms with Gasteiger partial charge in [-0.2, -0.15) is 5.26 Å². The quantitative estimate of drug-likeness (QED) is 0.250. The van der Waals surface area contributed by atoms with Crippen LogP contribution in [0.4, 0.5) is 10.1 Å². The number of halogens is 3. The zero-order valence-electron chi connectivity index (χ0n) is 17.2. The van der Waals surface area contributed by atoms with Crippen LogP contribution in [0, 0.1) is 17.1 Å². The number of nitrogens with zero attached hydrogens (tertiary/aromatic N) is 1. The van der Waals surface area contributed by atoms with Crippen LogP contribution in [0.3, 0.4) is 0 Å². The first-order chi connectivity index (χ1) is 15.4. The molecule has 7 heteroatoms. The van der Waals surface area contributed by atoms with Crippen LogP contribution in [0.25, 0.3) is 6.08 Å². The van der Waals surface area contributed by atoms with Gasteiger partial charge in [0.05, 0.1) is 8.95 Å². The second kappa shape index (κ2) is 11.1. The van der Waals surface area contributed by atoms with Gasteiger partial charge in [-0.15, -0.1) is 0 Å². The molecule has 32 heavy (non-hydrogen) atoms. The summed E-state index contributed by atoms with van der Waals surface area (Å²) in [6.07, 6.45) is 2.40. The average molecular weight is 558 g/mol. The molecule has 0 fully saturated rings. The van der Waals surface area contributed by atoms with Crippen LogP contribution in [-0.4, -0.2) is 5.91 Å². The number of benzene rings is 3. The van der Waals surface area contributed by atoms with Gasteiger partial charge in [0.25, 0.3) is 5.91 Å². The Morgan fingerprint density at radius 3 is 2.38 bits per heavy atom. The highest BCUT2D eigenvalue weighted by molar-refractivity contribution is 9.11. The molecule has 1 amide bonds. The van der Waals surface area contributed by atoms with E-state index < -0.39 is 5.91 Å². The molecule has 4 nitrogen and oxygen atoms in total. The van der Waals surface area contributed by atoms with Gasteiger partial charge in [0.15, 0.2) is 0 Å². The minimum Gasteiger partial charge on any atom is -0.486 e. The van der Waals surface area contributed by atoms with Gasteiger partial charge in [-0.05, 0) is 85.8 Å². The molecule has 0 aliphatic heterocycles. The van der Waals surface area contributed by atoms with Crippen molar-refractivity contribution in [3.63, 3.8) is 0 Å². The molecule has 0 aromatic heterocycles. The van der Waals surface area contributed by atoms with Gasteiger partial charge in [-0.1, -0.05) is 37.3 Å². The van der Waals surface area contributed by atoms with Crippen molar-refractivity contribution in [1.82, 2.24) is 0 Å². The van der Waals surface area contributed by atoms with Crippen LogP contribution in [0.2, 0.25) is 0 Å². The Balaban J connectivity index is 1.76. The molecule has 0 heterocycles. The van der Waals surface area contributed by atoms with E-state index in [0.29, 0.717) is 31.5 Å². The Labute approximate surface area is 203 Å². The molecule has 0 spiro atoms. The maximum absolute atomic E-state index is 13.8. The number of carbonyl (C=O) groups is 1. The summed E-state index contributed by atoms with van der Waals surface area (Å²) in [7, 11) is 0. The van der Waals surface area contributed by atoms with Gasteiger partial charge >= 0.3 is 0 Å². The summed E-state index contributed by atoms with van der Waals surface area (Å²) in [5.74, 6) is -0.346. The first kappa shape index (κ1) is 23.7. The smallest absolute Gasteiger partial charge is 0.266 e. The minimum absolute atomic E-state index is 0.0385. The lowest BCUT2D eigenvalue weighted by Gasteiger charge is -2.12. The van der Waals surface area contributed by atoms with Gasteiger partial charge in [-0.3, -0.25) is 4.79 Å². The van der Waals surface area contributed by atoms with E-state index in [2.05, 4.69) is 44.1 Å². The fourth-order valence-corrected chi connectivity index (χ4v) is 4.35. The lowest BCUT2D eigenvalue weighted by Crippen LogP contribution is -2.13. The Morgan fingerprint density at radius 2 is 1.78 bits per heavy atom. The van der Waals surface area contributed by atoms with E-state index >= 15 is 0 Å². The predicted molar refractivity (Wildman–Crippen MR) is 131 cm³/mol. The number of carbonyl (C=O) groups excluding carboxylic acids is 1. The van der Waals surface area contributed by atoms with E-state index in [1.165, 1.54) is 12.1 Å². The summed E-state index contributed by atoms with van der Waals surface area (Å²) in [5, 5.41) is 12.2. The topological polar surface area (TPSA) is 62.1 Å². The molecule has 0 saturated heterocycles. The fraction of sp³-hybridized carbons (Fsp3) is 0.120. The van der Waals surface area contributed by atoms with E-state index in [4.69, 9.17) is 4.74 Å². The van der Waals surface area contributed by atoms with Gasteiger partial charge < -0.3 is 10.1 Å². The third kappa shape index (κ3) is 6.06. The van der Waals surface area contributed by atoms with Crippen LogP contribution >= 0.6 is 31.9 Å². The first-order valence-electron chi connectivity index (χ1n) is 9.78. The third-order valence-corrected chi connectivity index (χ3v) is 5.82. The number of nitrogens with one attached hydrogen (secondary N) is 1. The number of aryl methyl sites for hydroxylation is 1. The van der Waals surface area contributed by atoms with Crippen molar-refractivity contribution in [2.45, 2.75) is 20.0 Å². The molecule has 162 valence electrons. The summed E-state index contributed by atoms with van der Waals surface area (Å²) < 4.78 is 20.8. The Morgan fingerprint density at radius 1 is 1.12 bits per heavy atom. The average Bonchev–Trinajstić information content (AvgIpc) is 2.78. The summed E-state index contributed by atoms with van der Waals surface area (Å²) in [6, 6.07) is 19.3. The molecule has 0 radical (unpaired) electrons. The molecule has 3 aromatic carbocycles. The van der Waals surface area contributed by atoms with Crippen LogP contribution in [0.5, 0.6) is 5.75 Å². The number of hydrogen-bond acceptors (Lipinski definition) is 3. The monoisotopic (exact) mass is 556 g/mol. The van der Waals surface area contributed by atoms with Crippen molar-refractivity contribution >= 4 is 49.5 Å². The lowest BCUT2D eigenvalue weighted by atomic mass is 10.1. The Bertz CT molecular complexity index is 1180. The zero-order chi connectivity index (χ0) is 23.1. The second-order valence-corrected chi connectivity index (χ2v) is 8.58. The van der Waals surface area contributed by atoms with Crippen molar-refractivity contribution in [3.05, 3.63) is 97.7 Å². The molecular formula is C25H19Br2FN2O2. The Kier molecular flexibility index (Phi) is 8.20. The minimum atomic E-state index is -0.496. The Hall–Kier alpha value is -2.95. The molecular weight excluding hydrogens is 539 g/mol. The molecule has 1 N–H and O–H groups in total. The second-order valence-electron chi connectivity index (χ2n) is 6.87. The predicted octanol–water partition coefficient (Wildman–Crippen LogP) is 7.04. The van der Waals surface area contributed by atoms with Gasteiger partial charge in [0.1, 0.15) is 29.8 Å². The largest absolute Gasteiger partial charge is 0.486 e. The van der Waals surface area contributed by atoms with Crippen molar-refractivity contribution in [2.24, 2.45) is 0 Å². The van der Waals surface area contributed by atoms with Crippen LogP contribution < -0.4 is 10.1 Å². The van der Waals surface area contributed by atoms with E-state index in [1.807, 2.05) is 18.2 Å². The molecule has 0 bridgehead atoms. The van der Waals surface area contributed by atoms with E-state index in [1.54, 1.807) is 42.5 Å². The normalized spacial score (nSPS) is 11.0. The van der Waals surface area contributed by atoms with E-state index in [9.17, 15) is 14.4 Å². The molecule has 0 unspecified atom stereocenters. The molecule has 0 aliphatic rings. The maximum atomic E-state index is 13.8. The SMILES string of the molecule is CCc1ccc(NC(=O)/C(C#N)=C/c2cc(Br)c(OCc3ccccc3F)c(Br)c2)cc1. The van der Waals surface area contributed by atoms with Crippen molar-refractivity contribution < 1.29 is 13.9 Å². The van der Waals surface area contributed by atoms with Crippen molar-refractivity contribution in [3.8, 4) is 11.8 Å². The lowest BCUT2D eigenvalue weighted by molar-refractivity contribution is -0.112. The van der Waals surface area contributed by atoms with Gasteiger partial charge in [-0.25, -0.2) is 4.39 Å². The highest BCUT2D eigenvalue weighted by Gasteiger charge is 2.13.